The highest BCUT2D eigenvalue weighted by Crippen LogP contribution is 2.34. The summed E-state index contributed by atoms with van der Waals surface area (Å²) in [6.07, 6.45) is 5.07. The van der Waals surface area contributed by atoms with E-state index in [1.54, 1.807) is 7.11 Å². The second-order valence-corrected chi connectivity index (χ2v) is 8.34. The van der Waals surface area contributed by atoms with Crippen LogP contribution in [0.2, 0.25) is 0 Å². The van der Waals surface area contributed by atoms with E-state index in [4.69, 9.17) is 9.47 Å². The van der Waals surface area contributed by atoms with Crippen LogP contribution in [0.5, 0.6) is 11.5 Å². The van der Waals surface area contributed by atoms with Crippen molar-refractivity contribution >= 4 is 11.6 Å². The largest absolute Gasteiger partial charge is 0.493 e. The first-order chi connectivity index (χ1) is 13.9. The van der Waals surface area contributed by atoms with Crippen LogP contribution in [0.3, 0.4) is 0 Å². The molecule has 0 unspecified atom stereocenters. The Hall–Kier alpha value is -2.50. The lowest BCUT2D eigenvalue weighted by Crippen LogP contribution is -2.16. The fourth-order valence-electron chi connectivity index (χ4n) is 3.91. The highest BCUT2D eigenvalue weighted by Gasteiger charge is 2.20. The summed E-state index contributed by atoms with van der Waals surface area (Å²) in [6, 6.07) is 5.55. The van der Waals surface area contributed by atoms with Crippen molar-refractivity contribution in [1.82, 2.24) is 9.78 Å². The van der Waals surface area contributed by atoms with Crippen LogP contribution in [-0.2, 0) is 17.8 Å². The molecule has 0 atom stereocenters. The van der Waals surface area contributed by atoms with Crippen LogP contribution in [0.15, 0.2) is 18.2 Å². The molecule has 1 saturated carbocycles. The van der Waals surface area contributed by atoms with Crippen LogP contribution >= 0.6 is 0 Å². The summed E-state index contributed by atoms with van der Waals surface area (Å²) in [5, 5.41) is 7.60. The normalized spacial score (nSPS) is 14.4. The molecule has 1 amide bonds. The first kappa shape index (κ1) is 21.2. The van der Waals surface area contributed by atoms with E-state index in [2.05, 4.69) is 24.3 Å². The number of benzene rings is 1. The lowest BCUT2D eigenvalue weighted by molar-refractivity contribution is -0.115. The second-order valence-electron chi connectivity index (χ2n) is 8.34. The van der Waals surface area contributed by atoms with E-state index in [0.29, 0.717) is 29.5 Å². The Morgan fingerprint density at radius 3 is 2.62 bits per heavy atom. The van der Waals surface area contributed by atoms with Gasteiger partial charge in [0.15, 0.2) is 11.5 Å². The van der Waals surface area contributed by atoms with E-state index in [1.807, 2.05) is 36.7 Å². The minimum Gasteiger partial charge on any atom is -0.493 e. The number of hydrogen-bond donors (Lipinski definition) is 1. The molecular formula is C23H33N3O3. The fourth-order valence-corrected chi connectivity index (χ4v) is 3.91. The Balaban J connectivity index is 1.70. The number of aromatic nitrogens is 2. The third kappa shape index (κ3) is 5.31. The lowest BCUT2D eigenvalue weighted by atomic mass is 10.1. The van der Waals surface area contributed by atoms with Gasteiger partial charge in [0.25, 0.3) is 0 Å². The van der Waals surface area contributed by atoms with E-state index < -0.39 is 0 Å². The molecule has 1 aromatic heterocycles. The number of anilines is 1. The van der Waals surface area contributed by atoms with Crippen LogP contribution in [0.1, 0.15) is 56.5 Å². The molecule has 3 rings (SSSR count). The molecule has 2 aromatic rings. The predicted octanol–water partition coefficient (Wildman–Crippen LogP) is 4.67. The maximum Gasteiger partial charge on any atom is 0.228 e. The summed E-state index contributed by atoms with van der Waals surface area (Å²) in [5.74, 6) is 1.83. The number of methoxy groups -OCH3 is 1. The number of aryl methyl sites for hydroxylation is 1. The molecule has 0 bridgehead atoms. The summed E-state index contributed by atoms with van der Waals surface area (Å²) in [7, 11) is 1.63. The number of carbonyl (C=O) groups excluding carboxylic acids is 1. The van der Waals surface area contributed by atoms with Crippen molar-refractivity contribution in [2.45, 2.75) is 72.4 Å². The van der Waals surface area contributed by atoms with Gasteiger partial charge in [0.1, 0.15) is 0 Å². The third-order valence-corrected chi connectivity index (χ3v) is 5.45. The van der Waals surface area contributed by atoms with E-state index >= 15 is 0 Å². The molecule has 0 spiro atoms. The molecule has 6 nitrogen and oxygen atoms in total. The number of rotatable bonds is 8. The summed E-state index contributed by atoms with van der Waals surface area (Å²) in [6.45, 7) is 9.18. The summed E-state index contributed by atoms with van der Waals surface area (Å²) in [4.78, 5) is 12.7. The van der Waals surface area contributed by atoms with Crippen molar-refractivity contribution in [3.05, 3.63) is 35.2 Å². The predicted molar refractivity (Wildman–Crippen MR) is 115 cm³/mol. The quantitative estimate of drug-likeness (QED) is 0.701. The molecule has 1 aliphatic carbocycles. The maximum absolute atomic E-state index is 12.7. The van der Waals surface area contributed by atoms with Crippen molar-refractivity contribution in [1.29, 1.82) is 0 Å². The molecule has 158 valence electrons. The molecule has 1 aliphatic rings. The Kier molecular flexibility index (Phi) is 6.83. The van der Waals surface area contributed by atoms with E-state index in [1.165, 1.54) is 12.8 Å². The van der Waals surface area contributed by atoms with E-state index in [9.17, 15) is 4.79 Å². The monoisotopic (exact) mass is 399 g/mol. The van der Waals surface area contributed by atoms with Gasteiger partial charge in [0, 0.05) is 29.6 Å². The molecule has 29 heavy (non-hydrogen) atoms. The standard InChI is InChI=1S/C23H33N3O3/c1-15(2)14-26-17(4)20(16(3)25-26)13-23(27)24-18-10-11-21(28-5)22(12-18)29-19-8-6-7-9-19/h10-12,15,19H,6-9,13-14H2,1-5H3,(H,24,27). The molecular weight excluding hydrogens is 366 g/mol. The zero-order chi connectivity index (χ0) is 21.0. The lowest BCUT2D eigenvalue weighted by Gasteiger charge is -2.17. The molecule has 0 aliphatic heterocycles. The molecule has 1 heterocycles. The first-order valence-electron chi connectivity index (χ1n) is 10.5. The van der Waals surface area contributed by atoms with Crippen molar-refractivity contribution in [2.75, 3.05) is 12.4 Å². The van der Waals surface area contributed by atoms with Gasteiger partial charge < -0.3 is 14.8 Å². The molecule has 1 aromatic carbocycles. The van der Waals surface area contributed by atoms with Crippen LogP contribution in [0.25, 0.3) is 0 Å². The van der Waals surface area contributed by atoms with Gasteiger partial charge >= 0.3 is 0 Å². The van der Waals surface area contributed by atoms with Gasteiger partial charge in [-0.1, -0.05) is 13.8 Å². The van der Waals surface area contributed by atoms with Gasteiger partial charge in [-0.25, -0.2) is 0 Å². The summed E-state index contributed by atoms with van der Waals surface area (Å²) in [5.41, 5.74) is 3.69. The number of nitrogens with zero attached hydrogens (tertiary/aromatic N) is 2. The number of amides is 1. The van der Waals surface area contributed by atoms with Gasteiger partial charge in [-0.2, -0.15) is 5.10 Å². The van der Waals surface area contributed by atoms with Gasteiger partial charge in [-0.15, -0.1) is 0 Å². The average molecular weight is 400 g/mol. The van der Waals surface area contributed by atoms with Gasteiger partial charge in [-0.05, 0) is 57.6 Å². The van der Waals surface area contributed by atoms with Crippen LogP contribution < -0.4 is 14.8 Å². The highest BCUT2D eigenvalue weighted by atomic mass is 16.5. The SMILES string of the molecule is COc1ccc(NC(=O)Cc2c(C)nn(CC(C)C)c2C)cc1OC1CCCC1. The van der Waals surface area contributed by atoms with Crippen molar-refractivity contribution in [3.63, 3.8) is 0 Å². The fraction of sp³-hybridized carbons (Fsp3) is 0.565. The van der Waals surface area contributed by atoms with Gasteiger partial charge in [0.05, 0.1) is 25.3 Å². The van der Waals surface area contributed by atoms with Crippen molar-refractivity contribution < 1.29 is 14.3 Å². The van der Waals surface area contributed by atoms with Crippen molar-refractivity contribution in [3.8, 4) is 11.5 Å². The number of carbonyl (C=O) groups is 1. The Morgan fingerprint density at radius 2 is 1.97 bits per heavy atom. The molecule has 0 radical (unpaired) electrons. The smallest absolute Gasteiger partial charge is 0.228 e. The zero-order valence-corrected chi connectivity index (χ0v) is 18.2. The van der Waals surface area contributed by atoms with Crippen LogP contribution in [0, 0.1) is 19.8 Å². The first-order valence-corrected chi connectivity index (χ1v) is 10.5. The Bertz CT molecular complexity index is 851. The van der Waals surface area contributed by atoms with Crippen molar-refractivity contribution in [2.24, 2.45) is 5.92 Å². The average Bonchev–Trinajstić information content (AvgIpc) is 3.26. The molecule has 6 heteroatoms. The number of hydrogen-bond acceptors (Lipinski definition) is 4. The molecule has 0 saturated heterocycles. The Labute approximate surface area is 173 Å². The van der Waals surface area contributed by atoms with E-state index in [0.717, 1.165) is 36.3 Å². The molecule has 1 N–H and O–H groups in total. The minimum absolute atomic E-state index is 0.0581. The van der Waals surface area contributed by atoms with Crippen LogP contribution in [-0.4, -0.2) is 28.9 Å². The number of nitrogens with one attached hydrogen (secondary N) is 1. The van der Waals surface area contributed by atoms with Gasteiger partial charge in [-0.3, -0.25) is 9.48 Å². The third-order valence-electron chi connectivity index (χ3n) is 5.45. The van der Waals surface area contributed by atoms with E-state index in [-0.39, 0.29) is 12.0 Å². The minimum atomic E-state index is -0.0581. The topological polar surface area (TPSA) is 65.4 Å². The summed E-state index contributed by atoms with van der Waals surface area (Å²) < 4.78 is 13.6. The Morgan fingerprint density at radius 1 is 1.24 bits per heavy atom. The number of ether oxygens (including phenoxy) is 2. The maximum atomic E-state index is 12.7. The molecule has 1 fully saturated rings. The second kappa shape index (κ2) is 9.33. The summed E-state index contributed by atoms with van der Waals surface area (Å²) >= 11 is 0. The highest BCUT2D eigenvalue weighted by molar-refractivity contribution is 5.92. The van der Waals surface area contributed by atoms with Crippen LogP contribution in [0.4, 0.5) is 5.69 Å². The van der Waals surface area contributed by atoms with Gasteiger partial charge in [0.2, 0.25) is 5.91 Å². The zero-order valence-electron chi connectivity index (χ0n) is 18.2.